The molecule has 0 bridgehead atoms. The molecule has 1 aliphatic rings. The average molecular weight is 439 g/mol. The van der Waals surface area contributed by atoms with Crippen LogP contribution in [0.2, 0.25) is 0 Å². The lowest BCUT2D eigenvalue weighted by atomic mass is 9.94. The fourth-order valence-electron chi connectivity index (χ4n) is 4.09. The largest absolute Gasteiger partial charge is 0.380 e. The van der Waals surface area contributed by atoms with E-state index < -0.39 is 11.9 Å². The number of hydrogen-bond donors (Lipinski definition) is 2. The Morgan fingerprint density at radius 3 is 2.59 bits per heavy atom. The number of benzene rings is 3. The standard InChI is InChI=1S/C26H34N2O4/c1-17(2)24-30-25(26(3,4)32-31-24)28-23-11-7-10-20-21(12-14-29-15-13-27)19-9-6-5-8-18(19)16-22(20)23/h5-11,16-17,24-25,28H,12-15,27H2,1-4H3. The highest BCUT2D eigenvalue weighted by molar-refractivity contribution is 6.07. The maximum atomic E-state index is 6.24. The summed E-state index contributed by atoms with van der Waals surface area (Å²) in [6.07, 6.45) is 0.0303. The van der Waals surface area contributed by atoms with Gasteiger partial charge < -0.3 is 20.5 Å². The van der Waals surface area contributed by atoms with E-state index in [1.165, 1.54) is 21.7 Å². The van der Waals surface area contributed by atoms with Crippen molar-refractivity contribution in [3.8, 4) is 0 Å². The molecule has 3 aromatic carbocycles. The van der Waals surface area contributed by atoms with Crippen molar-refractivity contribution in [1.82, 2.24) is 0 Å². The van der Waals surface area contributed by atoms with Gasteiger partial charge in [-0.1, -0.05) is 50.2 Å². The minimum Gasteiger partial charge on any atom is -0.380 e. The molecule has 0 radical (unpaired) electrons. The van der Waals surface area contributed by atoms with Crippen LogP contribution in [-0.4, -0.2) is 37.9 Å². The van der Waals surface area contributed by atoms with E-state index >= 15 is 0 Å². The van der Waals surface area contributed by atoms with Crippen LogP contribution in [0.1, 0.15) is 33.3 Å². The maximum Gasteiger partial charge on any atom is 0.196 e. The first kappa shape index (κ1) is 23.0. The van der Waals surface area contributed by atoms with E-state index in [4.69, 9.17) is 25.0 Å². The van der Waals surface area contributed by atoms with E-state index in [1.807, 2.05) is 27.7 Å². The number of anilines is 1. The van der Waals surface area contributed by atoms with Gasteiger partial charge in [0.05, 0.1) is 13.2 Å². The lowest BCUT2D eigenvalue weighted by Gasteiger charge is -2.42. The molecule has 0 aliphatic carbocycles. The number of nitrogens with one attached hydrogen (secondary N) is 1. The van der Waals surface area contributed by atoms with Crippen LogP contribution < -0.4 is 11.1 Å². The summed E-state index contributed by atoms with van der Waals surface area (Å²) in [4.78, 5) is 11.2. The van der Waals surface area contributed by atoms with E-state index in [-0.39, 0.29) is 12.1 Å². The monoisotopic (exact) mass is 438 g/mol. The van der Waals surface area contributed by atoms with E-state index in [9.17, 15) is 0 Å². The normalized spacial score (nSPS) is 20.8. The predicted octanol–water partition coefficient (Wildman–Crippen LogP) is 4.99. The molecule has 0 spiro atoms. The fourth-order valence-corrected chi connectivity index (χ4v) is 4.09. The molecule has 6 heteroatoms. The molecule has 1 fully saturated rings. The van der Waals surface area contributed by atoms with Crippen LogP contribution in [0.3, 0.4) is 0 Å². The van der Waals surface area contributed by atoms with Crippen LogP contribution in [0.25, 0.3) is 21.5 Å². The number of hydrogen-bond acceptors (Lipinski definition) is 6. The third-order valence-corrected chi connectivity index (χ3v) is 5.87. The molecule has 1 aliphatic heterocycles. The van der Waals surface area contributed by atoms with Gasteiger partial charge in [-0.15, -0.1) is 0 Å². The number of nitrogens with two attached hydrogens (primary N) is 1. The third kappa shape index (κ3) is 4.75. The third-order valence-electron chi connectivity index (χ3n) is 5.87. The zero-order chi connectivity index (χ0) is 22.7. The number of fused-ring (bicyclic) bond motifs is 2. The average Bonchev–Trinajstić information content (AvgIpc) is 2.77. The molecule has 3 aromatic rings. The molecule has 6 nitrogen and oxygen atoms in total. The van der Waals surface area contributed by atoms with Gasteiger partial charge in [0.15, 0.2) is 12.5 Å². The van der Waals surface area contributed by atoms with E-state index in [0.717, 1.165) is 17.5 Å². The maximum absolute atomic E-state index is 6.24. The van der Waals surface area contributed by atoms with Crippen molar-refractivity contribution in [3.63, 3.8) is 0 Å². The van der Waals surface area contributed by atoms with Crippen LogP contribution in [0.4, 0.5) is 5.69 Å². The van der Waals surface area contributed by atoms with Gasteiger partial charge in [-0.2, -0.15) is 0 Å². The molecule has 0 amide bonds. The van der Waals surface area contributed by atoms with Gasteiger partial charge >= 0.3 is 0 Å². The Kier molecular flexibility index (Phi) is 6.98. The van der Waals surface area contributed by atoms with Crippen molar-refractivity contribution < 1.29 is 19.2 Å². The van der Waals surface area contributed by atoms with Gasteiger partial charge in [-0.05, 0) is 54.1 Å². The smallest absolute Gasteiger partial charge is 0.196 e. The van der Waals surface area contributed by atoms with Crippen molar-refractivity contribution in [2.24, 2.45) is 11.7 Å². The first-order valence-electron chi connectivity index (χ1n) is 11.4. The highest BCUT2D eigenvalue weighted by Crippen LogP contribution is 2.36. The highest BCUT2D eigenvalue weighted by atomic mass is 17.2. The lowest BCUT2D eigenvalue weighted by molar-refractivity contribution is -0.485. The Bertz CT molecular complexity index is 1070. The first-order valence-corrected chi connectivity index (χ1v) is 11.4. The topological polar surface area (TPSA) is 75.0 Å². The SMILES string of the molecule is CC(C)C1OOC(C)(C)C(Nc2cccc3c(CCOCCN)c4ccccc4cc23)O1. The molecule has 2 unspecified atom stereocenters. The number of ether oxygens (including phenoxy) is 2. The van der Waals surface area contributed by atoms with Crippen molar-refractivity contribution in [2.75, 3.05) is 25.1 Å². The summed E-state index contributed by atoms with van der Waals surface area (Å²) >= 11 is 0. The molecular weight excluding hydrogens is 404 g/mol. The summed E-state index contributed by atoms with van der Waals surface area (Å²) in [6.45, 7) is 9.76. The van der Waals surface area contributed by atoms with Gasteiger partial charge in [0.2, 0.25) is 0 Å². The van der Waals surface area contributed by atoms with Crippen molar-refractivity contribution in [1.29, 1.82) is 0 Å². The molecule has 0 aromatic heterocycles. The van der Waals surface area contributed by atoms with E-state index in [1.54, 1.807) is 0 Å². The van der Waals surface area contributed by atoms with Crippen LogP contribution in [0.5, 0.6) is 0 Å². The van der Waals surface area contributed by atoms with Crippen LogP contribution in [-0.2, 0) is 25.7 Å². The summed E-state index contributed by atoms with van der Waals surface area (Å²) in [6, 6.07) is 17.1. The minimum atomic E-state index is -0.650. The van der Waals surface area contributed by atoms with E-state index in [2.05, 4.69) is 53.8 Å². The quantitative estimate of drug-likeness (QED) is 0.293. The second-order valence-corrected chi connectivity index (χ2v) is 9.18. The molecule has 4 rings (SSSR count). The number of rotatable bonds is 8. The molecule has 0 saturated carbocycles. The highest BCUT2D eigenvalue weighted by Gasteiger charge is 2.41. The Morgan fingerprint density at radius 2 is 1.81 bits per heavy atom. The molecule has 1 saturated heterocycles. The van der Waals surface area contributed by atoms with Gasteiger partial charge in [0.1, 0.15) is 5.60 Å². The Labute approximate surface area is 189 Å². The van der Waals surface area contributed by atoms with E-state index in [0.29, 0.717) is 19.8 Å². The lowest BCUT2D eigenvalue weighted by Crippen LogP contribution is -2.54. The van der Waals surface area contributed by atoms with Gasteiger partial charge in [-0.25, -0.2) is 9.78 Å². The Morgan fingerprint density at radius 1 is 1.03 bits per heavy atom. The van der Waals surface area contributed by atoms with Gasteiger partial charge in [0, 0.05) is 23.5 Å². The Hall–Kier alpha value is -2.22. The summed E-state index contributed by atoms with van der Waals surface area (Å²) in [5.41, 5.74) is 7.22. The molecule has 3 N–H and O–H groups in total. The summed E-state index contributed by atoms with van der Waals surface area (Å²) < 4.78 is 11.9. The van der Waals surface area contributed by atoms with Crippen molar-refractivity contribution in [3.05, 3.63) is 54.1 Å². The minimum absolute atomic E-state index is 0.173. The van der Waals surface area contributed by atoms with Crippen LogP contribution >= 0.6 is 0 Å². The zero-order valence-corrected chi connectivity index (χ0v) is 19.4. The molecular formula is C26H34N2O4. The van der Waals surface area contributed by atoms with Crippen molar-refractivity contribution in [2.45, 2.75) is 52.2 Å². The Balaban J connectivity index is 1.73. The van der Waals surface area contributed by atoms with Gasteiger partial charge in [0.25, 0.3) is 0 Å². The molecule has 1 heterocycles. The summed E-state index contributed by atoms with van der Waals surface area (Å²) in [5, 5.41) is 8.39. The first-order chi connectivity index (χ1) is 15.4. The summed E-state index contributed by atoms with van der Waals surface area (Å²) in [5.74, 6) is 0.173. The van der Waals surface area contributed by atoms with Crippen molar-refractivity contribution >= 4 is 27.2 Å². The van der Waals surface area contributed by atoms with Crippen LogP contribution in [0, 0.1) is 5.92 Å². The van der Waals surface area contributed by atoms with Crippen LogP contribution in [0.15, 0.2) is 48.5 Å². The second-order valence-electron chi connectivity index (χ2n) is 9.18. The molecule has 172 valence electrons. The zero-order valence-electron chi connectivity index (χ0n) is 19.4. The molecule has 2 atom stereocenters. The molecule has 32 heavy (non-hydrogen) atoms. The second kappa shape index (κ2) is 9.73. The van der Waals surface area contributed by atoms with Gasteiger partial charge in [-0.3, -0.25) is 0 Å². The fraction of sp³-hybridized carbons (Fsp3) is 0.462. The summed E-state index contributed by atoms with van der Waals surface area (Å²) in [7, 11) is 0. The predicted molar refractivity (Wildman–Crippen MR) is 128 cm³/mol.